The Balaban J connectivity index is 2.41. The zero-order valence-corrected chi connectivity index (χ0v) is 11.5. The summed E-state index contributed by atoms with van der Waals surface area (Å²) < 4.78 is 5.28. The van der Waals surface area contributed by atoms with Gasteiger partial charge in [0.1, 0.15) is 0 Å². The van der Waals surface area contributed by atoms with Crippen LogP contribution in [0.25, 0.3) is 11.5 Å². The van der Waals surface area contributed by atoms with E-state index in [2.05, 4.69) is 10.1 Å². The predicted octanol–water partition coefficient (Wildman–Crippen LogP) is 3.28. The second kappa shape index (κ2) is 4.71. The Bertz CT molecular complexity index is 563. The van der Waals surface area contributed by atoms with Gasteiger partial charge >= 0.3 is 0 Å². The van der Waals surface area contributed by atoms with Crippen LogP contribution in [0.1, 0.15) is 31.7 Å². The molecule has 1 aromatic carbocycles. The fraction of sp³-hybridized carbons (Fsp3) is 0.385. The van der Waals surface area contributed by atoms with Crippen molar-refractivity contribution in [2.24, 2.45) is 5.73 Å². The average Bonchev–Trinajstić information content (AvgIpc) is 2.79. The number of hydrogen-bond acceptors (Lipinski definition) is 4. The van der Waals surface area contributed by atoms with Gasteiger partial charge in [0.05, 0.1) is 5.54 Å². The van der Waals surface area contributed by atoms with Crippen LogP contribution >= 0.6 is 11.6 Å². The van der Waals surface area contributed by atoms with Crippen LogP contribution in [-0.2, 0) is 5.54 Å². The van der Waals surface area contributed by atoms with Crippen LogP contribution in [-0.4, -0.2) is 10.1 Å². The van der Waals surface area contributed by atoms with E-state index in [9.17, 15) is 0 Å². The lowest BCUT2D eigenvalue weighted by atomic mass is 10.00. The first-order valence-electron chi connectivity index (χ1n) is 5.83. The minimum absolute atomic E-state index is 0.476. The molecule has 5 heteroatoms. The zero-order valence-electron chi connectivity index (χ0n) is 10.7. The third-order valence-corrected chi connectivity index (χ3v) is 3.33. The summed E-state index contributed by atoms with van der Waals surface area (Å²) in [7, 11) is 0. The first kappa shape index (κ1) is 13.1. The molecule has 18 heavy (non-hydrogen) atoms. The van der Waals surface area contributed by atoms with Gasteiger partial charge in [0.2, 0.25) is 0 Å². The van der Waals surface area contributed by atoms with Gasteiger partial charge in [-0.3, -0.25) is 0 Å². The van der Waals surface area contributed by atoms with Gasteiger partial charge in [-0.05, 0) is 44.0 Å². The van der Waals surface area contributed by atoms with Gasteiger partial charge in [-0.25, -0.2) is 0 Å². The highest BCUT2D eigenvalue weighted by Crippen LogP contribution is 2.27. The molecule has 2 N–H and O–H groups in total. The molecule has 4 nitrogen and oxygen atoms in total. The minimum atomic E-state index is -0.567. The molecule has 0 aliphatic heterocycles. The van der Waals surface area contributed by atoms with Crippen molar-refractivity contribution in [2.45, 2.75) is 32.7 Å². The summed E-state index contributed by atoms with van der Waals surface area (Å²) >= 11 is 5.92. The van der Waals surface area contributed by atoms with E-state index in [4.69, 9.17) is 21.9 Å². The standard InChI is InChI=1S/C13H16ClN3O/c1-4-13(3,15)12-16-11(18-17-12)10-6-5-9(14)7-8(10)2/h5-7H,4,15H2,1-3H3. The molecule has 0 aliphatic rings. The van der Waals surface area contributed by atoms with E-state index in [1.807, 2.05) is 32.9 Å². The Morgan fingerprint density at radius 1 is 1.44 bits per heavy atom. The molecule has 0 radical (unpaired) electrons. The largest absolute Gasteiger partial charge is 0.334 e. The Hall–Kier alpha value is -1.39. The van der Waals surface area contributed by atoms with Crippen molar-refractivity contribution in [3.63, 3.8) is 0 Å². The molecule has 0 bridgehead atoms. The molecule has 0 spiro atoms. The molecule has 0 saturated carbocycles. The topological polar surface area (TPSA) is 64.9 Å². The van der Waals surface area contributed by atoms with E-state index in [0.717, 1.165) is 17.5 Å². The number of hydrogen-bond donors (Lipinski definition) is 1. The van der Waals surface area contributed by atoms with Crippen LogP contribution in [0.4, 0.5) is 0 Å². The van der Waals surface area contributed by atoms with Crippen molar-refractivity contribution in [1.82, 2.24) is 10.1 Å². The quantitative estimate of drug-likeness (QED) is 0.925. The third-order valence-electron chi connectivity index (χ3n) is 3.09. The molecule has 1 heterocycles. The van der Waals surface area contributed by atoms with E-state index in [-0.39, 0.29) is 0 Å². The normalized spacial score (nSPS) is 14.5. The molecule has 1 unspecified atom stereocenters. The second-order valence-electron chi connectivity index (χ2n) is 4.65. The lowest BCUT2D eigenvalue weighted by Crippen LogP contribution is -2.33. The van der Waals surface area contributed by atoms with E-state index in [0.29, 0.717) is 16.7 Å². The molecule has 2 rings (SSSR count). The van der Waals surface area contributed by atoms with Gasteiger partial charge in [0.25, 0.3) is 5.89 Å². The molecule has 96 valence electrons. The molecule has 0 aliphatic carbocycles. The summed E-state index contributed by atoms with van der Waals surface area (Å²) in [4.78, 5) is 4.37. The van der Waals surface area contributed by atoms with Crippen molar-refractivity contribution in [3.8, 4) is 11.5 Å². The van der Waals surface area contributed by atoms with Crippen molar-refractivity contribution in [2.75, 3.05) is 0 Å². The number of nitrogens with two attached hydrogens (primary N) is 1. The van der Waals surface area contributed by atoms with Crippen LogP contribution in [0, 0.1) is 6.92 Å². The molecular formula is C13H16ClN3O. The first-order valence-corrected chi connectivity index (χ1v) is 6.21. The van der Waals surface area contributed by atoms with Crippen LogP contribution < -0.4 is 5.73 Å². The van der Waals surface area contributed by atoms with Gasteiger partial charge in [-0.2, -0.15) is 4.98 Å². The molecule has 1 aromatic heterocycles. The lowest BCUT2D eigenvalue weighted by Gasteiger charge is -2.16. The third kappa shape index (κ3) is 2.40. The maximum atomic E-state index is 6.08. The Labute approximate surface area is 111 Å². The summed E-state index contributed by atoms with van der Waals surface area (Å²) in [6, 6.07) is 5.53. The number of aromatic nitrogens is 2. The highest BCUT2D eigenvalue weighted by Gasteiger charge is 2.25. The fourth-order valence-corrected chi connectivity index (χ4v) is 1.82. The SMILES string of the molecule is CCC(C)(N)c1noc(-c2ccc(Cl)cc2C)n1. The van der Waals surface area contributed by atoms with Gasteiger partial charge in [0, 0.05) is 10.6 Å². The van der Waals surface area contributed by atoms with Crippen molar-refractivity contribution in [3.05, 3.63) is 34.6 Å². The summed E-state index contributed by atoms with van der Waals surface area (Å²) in [6.45, 7) is 5.83. The highest BCUT2D eigenvalue weighted by atomic mass is 35.5. The number of nitrogens with zero attached hydrogens (tertiary/aromatic N) is 2. The Kier molecular flexibility index (Phi) is 3.41. The monoisotopic (exact) mass is 265 g/mol. The molecule has 0 amide bonds. The first-order chi connectivity index (χ1) is 8.44. The fourth-order valence-electron chi connectivity index (χ4n) is 1.59. The summed E-state index contributed by atoms with van der Waals surface area (Å²) in [5.41, 5.74) is 7.39. The van der Waals surface area contributed by atoms with Gasteiger partial charge < -0.3 is 10.3 Å². The molecule has 0 saturated heterocycles. The van der Waals surface area contributed by atoms with Gasteiger partial charge in [-0.15, -0.1) is 0 Å². The summed E-state index contributed by atoms with van der Waals surface area (Å²) in [6.07, 6.45) is 0.742. The predicted molar refractivity (Wildman–Crippen MR) is 71.3 cm³/mol. The maximum absolute atomic E-state index is 6.08. The van der Waals surface area contributed by atoms with Crippen molar-refractivity contribution < 1.29 is 4.52 Å². The van der Waals surface area contributed by atoms with Crippen molar-refractivity contribution in [1.29, 1.82) is 0 Å². The lowest BCUT2D eigenvalue weighted by molar-refractivity contribution is 0.379. The molecule has 2 aromatic rings. The van der Waals surface area contributed by atoms with Crippen LogP contribution in [0.3, 0.4) is 0 Å². The van der Waals surface area contributed by atoms with Gasteiger partial charge in [-0.1, -0.05) is 23.7 Å². The van der Waals surface area contributed by atoms with Crippen LogP contribution in [0.2, 0.25) is 5.02 Å². The molecular weight excluding hydrogens is 250 g/mol. The van der Waals surface area contributed by atoms with E-state index in [1.54, 1.807) is 6.07 Å². The Morgan fingerprint density at radius 3 is 2.78 bits per heavy atom. The highest BCUT2D eigenvalue weighted by molar-refractivity contribution is 6.30. The van der Waals surface area contributed by atoms with Crippen LogP contribution in [0.15, 0.2) is 22.7 Å². The average molecular weight is 266 g/mol. The second-order valence-corrected chi connectivity index (χ2v) is 5.09. The van der Waals surface area contributed by atoms with Crippen LogP contribution in [0.5, 0.6) is 0 Å². The van der Waals surface area contributed by atoms with E-state index in [1.165, 1.54) is 0 Å². The minimum Gasteiger partial charge on any atom is -0.334 e. The molecule has 0 fully saturated rings. The number of rotatable bonds is 3. The number of aryl methyl sites for hydroxylation is 1. The maximum Gasteiger partial charge on any atom is 0.258 e. The van der Waals surface area contributed by atoms with E-state index >= 15 is 0 Å². The Morgan fingerprint density at radius 2 is 2.17 bits per heavy atom. The zero-order chi connectivity index (χ0) is 13.3. The molecule has 1 atom stereocenters. The van der Waals surface area contributed by atoms with Crippen molar-refractivity contribution >= 4 is 11.6 Å². The summed E-state index contributed by atoms with van der Waals surface area (Å²) in [5, 5.41) is 4.64. The van der Waals surface area contributed by atoms with E-state index < -0.39 is 5.54 Å². The number of benzene rings is 1. The van der Waals surface area contributed by atoms with Gasteiger partial charge in [0.15, 0.2) is 5.82 Å². The summed E-state index contributed by atoms with van der Waals surface area (Å²) in [5.74, 6) is 0.999. The smallest absolute Gasteiger partial charge is 0.258 e. The number of halogens is 1.